The maximum Gasteiger partial charge on any atom is 0.416 e. The zero-order chi connectivity index (χ0) is 27.5. The Bertz CT molecular complexity index is 1470. The van der Waals surface area contributed by atoms with Gasteiger partial charge in [-0.1, -0.05) is 23.7 Å². The molecule has 1 heterocycles. The molecule has 0 bridgehead atoms. The summed E-state index contributed by atoms with van der Waals surface area (Å²) < 4.78 is 69.9. The van der Waals surface area contributed by atoms with Crippen molar-refractivity contribution < 1.29 is 26.3 Å². The topological polar surface area (TPSA) is 66.6 Å². The number of alkyl halides is 3. The third-order valence-electron chi connectivity index (χ3n) is 5.84. The van der Waals surface area contributed by atoms with Crippen LogP contribution in [-0.4, -0.2) is 44.4 Å². The van der Waals surface area contributed by atoms with Crippen molar-refractivity contribution in [3.05, 3.63) is 100 Å². The van der Waals surface area contributed by atoms with Crippen LogP contribution in [0.5, 0.6) is 11.5 Å². The largest absolute Gasteiger partial charge is 0.457 e. The Labute approximate surface area is 223 Å². The third-order valence-corrected chi connectivity index (χ3v) is 7.01. The van der Waals surface area contributed by atoms with E-state index < -0.39 is 27.6 Å². The average Bonchev–Trinajstić information content (AvgIpc) is 3.22. The van der Waals surface area contributed by atoms with E-state index in [0.29, 0.717) is 27.8 Å². The van der Waals surface area contributed by atoms with Crippen molar-refractivity contribution in [1.82, 2.24) is 4.90 Å². The molecule has 38 heavy (non-hydrogen) atoms. The van der Waals surface area contributed by atoms with Gasteiger partial charge < -0.3 is 9.64 Å². The van der Waals surface area contributed by atoms with E-state index in [1.54, 1.807) is 64.4 Å². The maximum atomic E-state index is 13.5. The summed E-state index contributed by atoms with van der Waals surface area (Å²) in [4.78, 5) is 6.38. The van der Waals surface area contributed by atoms with Crippen molar-refractivity contribution in [2.75, 3.05) is 30.0 Å². The lowest BCUT2D eigenvalue weighted by molar-refractivity contribution is -0.137. The number of sulfone groups is 1. The molecule has 3 aromatic carbocycles. The molecule has 0 aromatic heterocycles. The zero-order valence-electron chi connectivity index (χ0n) is 20.1. The summed E-state index contributed by atoms with van der Waals surface area (Å²) in [7, 11) is -3.34. The zero-order valence-corrected chi connectivity index (χ0v) is 21.6. The highest BCUT2D eigenvalue weighted by molar-refractivity contribution is 7.90. The van der Waals surface area contributed by atoms with Crippen molar-refractivity contribution in [2.45, 2.75) is 12.2 Å². The molecule has 4 rings (SSSR count). The van der Waals surface area contributed by atoms with Gasteiger partial charge in [-0.2, -0.15) is 19.7 Å². The summed E-state index contributed by atoms with van der Waals surface area (Å²) in [6, 6.07) is 17.8. The molecule has 198 valence electrons. The van der Waals surface area contributed by atoms with E-state index >= 15 is 0 Å². The smallest absolute Gasteiger partial charge is 0.416 e. The third kappa shape index (κ3) is 6.57. The van der Waals surface area contributed by atoms with Gasteiger partial charge in [0.25, 0.3) is 5.96 Å². The van der Waals surface area contributed by atoms with Crippen LogP contribution in [0.1, 0.15) is 17.2 Å². The summed E-state index contributed by atoms with van der Waals surface area (Å²) in [6.45, 7) is 7.47. The quantitative estimate of drug-likeness (QED) is 0.252. The molecule has 0 saturated carbocycles. The number of ether oxygens (including phenoxy) is 1. The van der Waals surface area contributed by atoms with Gasteiger partial charge in [-0.3, -0.25) is 4.90 Å². The number of halogens is 4. The summed E-state index contributed by atoms with van der Waals surface area (Å²) in [5.41, 5.74) is 0.0842. The second-order valence-electron chi connectivity index (χ2n) is 8.63. The van der Waals surface area contributed by atoms with Gasteiger partial charge >= 0.3 is 6.18 Å². The molecule has 1 aliphatic heterocycles. The first-order valence-electron chi connectivity index (χ1n) is 11.3. The van der Waals surface area contributed by atoms with Gasteiger partial charge in [0, 0.05) is 30.1 Å². The molecule has 0 aliphatic carbocycles. The van der Waals surface area contributed by atoms with Crippen molar-refractivity contribution in [2.24, 2.45) is 5.10 Å². The Morgan fingerprint density at radius 2 is 1.71 bits per heavy atom. The van der Waals surface area contributed by atoms with Gasteiger partial charge in [0.2, 0.25) is 0 Å². The van der Waals surface area contributed by atoms with Crippen LogP contribution in [0.15, 0.2) is 77.9 Å². The molecule has 3 aromatic rings. The average molecular weight is 563 g/mol. The van der Waals surface area contributed by atoms with Crippen LogP contribution < -0.4 is 9.64 Å². The van der Waals surface area contributed by atoms with E-state index in [9.17, 15) is 21.6 Å². The molecular formula is C26H22ClF3N4O3S. The van der Waals surface area contributed by atoms with E-state index in [0.717, 1.165) is 18.4 Å². The first-order chi connectivity index (χ1) is 17.9. The highest BCUT2D eigenvalue weighted by Gasteiger charge is 2.40. The molecule has 0 radical (unpaired) electrons. The highest BCUT2D eigenvalue weighted by atomic mass is 35.5. The normalized spacial score (nSPS) is 17.1. The maximum absolute atomic E-state index is 13.5. The first-order valence-corrected chi connectivity index (χ1v) is 13.8. The minimum absolute atomic E-state index is 0.0247. The number of benzene rings is 3. The predicted molar refractivity (Wildman–Crippen MR) is 140 cm³/mol. The van der Waals surface area contributed by atoms with Gasteiger partial charge in [-0.05, 0) is 66.2 Å². The Morgan fingerprint density at radius 1 is 1.08 bits per heavy atom. The van der Waals surface area contributed by atoms with Gasteiger partial charge in [-0.25, -0.2) is 8.42 Å². The van der Waals surface area contributed by atoms with Crippen molar-refractivity contribution in [1.29, 1.82) is 0 Å². The number of nitrogens with zero attached hydrogens (tertiary/aromatic N) is 4. The van der Waals surface area contributed by atoms with E-state index in [4.69, 9.17) is 22.9 Å². The molecule has 7 nitrogen and oxygen atoms in total. The summed E-state index contributed by atoms with van der Waals surface area (Å²) in [5, 5.41) is 4.47. The van der Waals surface area contributed by atoms with Crippen molar-refractivity contribution >= 4 is 33.1 Å². The summed E-state index contributed by atoms with van der Waals surface area (Å²) in [5.74, 6) is 1.01. The SMILES string of the molecule is [C-]#[N+]/N=C1/N(CCS(C)(=O)=O)CC(c2cccc(C(F)(F)F)c2)N1c1ccc(Oc2ccc(Cl)cc2)cc1. The molecule has 1 aliphatic rings. The van der Waals surface area contributed by atoms with Crippen molar-refractivity contribution in [3.8, 4) is 11.5 Å². The van der Waals surface area contributed by atoms with Crippen LogP contribution in [0.25, 0.3) is 4.95 Å². The van der Waals surface area contributed by atoms with E-state index in [1.807, 2.05) is 0 Å². The summed E-state index contributed by atoms with van der Waals surface area (Å²) in [6.07, 6.45) is -3.44. The van der Waals surface area contributed by atoms with Crippen LogP contribution in [0.4, 0.5) is 18.9 Å². The fourth-order valence-corrected chi connectivity index (χ4v) is 4.75. The Balaban J connectivity index is 1.72. The number of anilines is 1. The van der Waals surface area contributed by atoms with Gasteiger partial charge in [-0.15, -0.1) is 4.95 Å². The van der Waals surface area contributed by atoms with Crippen LogP contribution in [0, 0.1) is 6.57 Å². The molecule has 1 unspecified atom stereocenters. The lowest BCUT2D eigenvalue weighted by Crippen LogP contribution is -2.36. The molecule has 0 spiro atoms. The van der Waals surface area contributed by atoms with Crippen LogP contribution in [0.2, 0.25) is 5.02 Å². The fraction of sp³-hybridized carbons (Fsp3) is 0.231. The number of hydrogen-bond donors (Lipinski definition) is 0. The Morgan fingerprint density at radius 3 is 2.29 bits per heavy atom. The Kier molecular flexibility index (Phi) is 7.85. The monoisotopic (exact) mass is 562 g/mol. The minimum atomic E-state index is -4.54. The standard InChI is InChI=1S/C26H22ClF3N4O3S/c1-31-32-25-33(14-15-38(2,35)36)17-24(18-4-3-5-19(16-18)26(28,29)30)34(25)21-8-12-23(13-9-21)37-22-10-6-20(27)7-11-22/h3-13,16,24H,14-15,17H2,2H3/b32-25-. The van der Waals surface area contributed by atoms with Crippen LogP contribution in [0.3, 0.4) is 0 Å². The first kappa shape index (κ1) is 27.3. The number of guanidine groups is 1. The number of hydrogen-bond acceptors (Lipinski definition) is 4. The van der Waals surface area contributed by atoms with Crippen molar-refractivity contribution in [3.63, 3.8) is 0 Å². The van der Waals surface area contributed by atoms with Gasteiger partial charge in [0.15, 0.2) is 0 Å². The predicted octanol–water partition coefficient (Wildman–Crippen LogP) is 6.25. The molecular weight excluding hydrogens is 541 g/mol. The van der Waals surface area contributed by atoms with Crippen LogP contribution >= 0.6 is 11.6 Å². The summed E-state index contributed by atoms with van der Waals surface area (Å²) >= 11 is 5.91. The molecule has 0 amide bonds. The number of rotatable bonds is 7. The second kappa shape index (κ2) is 10.9. The molecule has 0 N–H and O–H groups in total. The Hall–Kier alpha value is -3.75. The van der Waals surface area contributed by atoms with Gasteiger partial charge in [0.05, 0.1) is 17.4 Å². The molecule has 1 atom stereocenters. The lowest BCUT2D eigenvalue weighted by Gasteiger charge is -2.25. The van der Waals surface area contributed by atoms with Crippen LogP contribution in [-0.2, 0) is 16.0 Å². The molecule has 1 saturated heterocycles. The minimum Gasteiger partial charge on any atom is -0.457 e. The molecule has 1 fully saturated rings. The lowest BCUT2D eigenvalue weighted by atomic mass is 10.0. The molecule has 12 heteroatoms. The van der Waals surface area contributed by atoms with E-state index in [1.165, 1.54) is 6.07 Å². The second-order valence-corrected chi connectivity index (χ2v) is 11.3. The highest BCUT2D eigenvalue weighted by Crippen LogP contribution is 2.38. The van der Waals surface area contributed by atoms with E-state index in [2.05, 4.69) is 10.1 Å². The fourth-order valence-electron chi connectivity index (χ4n) is 4.07. The van der Waals surface area contributed by atoms with E-state index in [-0.39, 0.29) is 24.8 Å². The van der Waals surface area contributed by atoms with Gasteiger partial charge in [0.1, 0.15) is 26.4 Å².